The minimum absolute atomic E-state index is 0.0162. The monoisotopic (exact) mass is 311 g/mol. The number of hydrogen-bond donors (Lipinski definition) is 3. The quantitative estimate of drug-likeness (QED) is 0.693. The summed E-state index contributed by atoms with van der Waals surface area (Å²) in [4.78, 5) is 18.7. The van der Waals surface area contributed by atoms with Crippen LogP contribution in [0.5, 0.6) is 5.88 Å². The molecule has 116 valence electrons. The Morgan fingerprint density at radius 2 is 1.91 bits per heavy atom. The Kier molecular flexibility index (Phi) is 3.80. The number of anilines is 2. The van der Waals surface area contributed by atoms with Gasteiger partial charge in [-0.1, -0.05) is 29.8 Å². The predicted molar refractivity (Wildman–Crippen MR) is 86.4 cm³/mol. The zero-order valence-corrected chi connectivity index (χ0v) is 12.3. The molecule has 0 atom stereocenters. The molecule has 0 radical (unpaired) electrons. The molecule has 23 heavy (non-hydrogen) atoms. The first-order valence-corrected chi connectivity index (χ1v) is 6.96. The molecule has 0 fully saturated rings. The highest BCUT2D eigenvalue weighted by molar-refractivity contribution is 5.69. The van der Waals surface area contributed by atoms with Crippen LogP contribution in [-0.4, -0.2) is 15.1 Å². The van der Waals surface area contributed by atoms with Gasteiger partial charge in [0, 0.05) is 11.3 Å². The normalized spacial score (nSPS) is 10.5. The number of nitrogens with zero attached hydrogens (tertiary/aromatic N) is 1. The van der Waals surface area contributed by atoms with Gasteiger partial charge in [0.05, 0.1) is 0 Å². The van der Waals surface area contributed by atoms with E-state index < -0.39 is 17.3 Å². The molecule has 0 saturated heterocycles. The SMILES string of the molecule is Cc1ccc(F)c(-c2c(O)nc(Nc3ccccc3)[nH]c2=O)c1. The zero-order chi connectivity index (χ0) is 16.4. The molecule has 3 N–H and O–H groups in total. The summed E-state index contributed by atoms with van der Waals surface area (Å²) in [6.45, 7) is 1.77. The Bertz CT molecular complexity index is 907. The van der Waals surface area contributed by atoms with Crippen LogP contribution in [0.1, 0.15) is 5.56 Å². The second kappa shape index (κ2) is 5.92. The molecule has 0 bridgehead atoms. The molecule has 0 amide bonds. The van der Waals surface area contributed by atoms with Gasteiger partial charge in [-0.25, -0.2) is 4.39 Å². The van der Waals surface area contributed by atoms with Crippen LogP contribution >= 0.6 is 0 Å². The summed E-state index contributed by atoms with van der Waals surface area (Å²) in [6.07, 6.45) is 0. The molecule has 0 saturated carbocycles. The van der Waals surface area contributed by atoms with E-state index in [2.05, 4.69) is 15.3 Å². The van der Waals surface area contributed by atoms with Gasteiger partial charge >= 0.3 is 0 Å². The molecule has 0 spiro atoms. The number of para-hydroxylation sites is 1. The maximum absolute atomic E-state index is 14.0. The lowest BCUT2D eigenvalue weighted by Gasteiger charge is -2.09. The molecule has 3 rings (SSSR count). The van der Waals surface area contributed by atoms with Crippen LogP contribution in [0, 0.1) is 12.7 Å². The van der Waals surface area contributed by atoms with Gasteiger partial charge in [0.25, 0.3) is 5.56 Å². The minimum atomic E-state index is -0.625. The van der Waals surface area contributed by atoms with Gasteiger partial charge in [0.2, 0.25) is 11.8 Å². The van der Waals surface area contributed by atoms with E-state index in [0.717, 1.165) is 5.56 Å². The molecule has 0 aliphatic heterocycles. The summed E-state index contributed by atoms with van der Waals surface area (Å²) in [6, 6.07) is 13.4. The van der Waals surface area contributed by atoms with Crippen molar-refractivity contribution in [2.75, 3.05) is 5.32 Å². The van der Waals surface area contributed by atoms with Crippen LogP contribution < -0.4 is 10.9 Å². The summed E-state index contributed by atoms with van der Waals surface area (Å²) in [5, 5.41) is 13.0. The van der Waals surface area contributed by atoms with Crippen molar-refractivity contribution in [3.8, 4) is 17.0 Å². The lowest BCUT2D eigenvalue weighted by Crippen LogP contribution is -2.14. The van der Waals surface area contributed by atoms with Crippen LogP contribution in [0.25, 0.3) is 11.1 Å². The highest BCUT2D eigenvalue weighted by Crippen LogP contribution is 2.28. The lowest BCUT2D eigenvalue weighted by atomic mass is 10.1. The van der Waals surface area contributed by atoms with Gasteiger partial charge in [0.1, 0.15) is 11.4 Å². The lowest BCUT2D eigenvalue weighted by molar-refractivity contribution is 0.454. The first kappa shape index (κ1) is 14.8. The van der Waals surface area contributed by atoms with Gasteiger partial charge < -0.3 is 10.4 Å². The van der Waals surface area contributed by atoms with Crippen molar-refractivity contribution in [3.05, 3.63) is 70.3 Å². The van der Waals surface area contributed by atoms with Gasteiger partial charge in [-0.2, -0.15) is 4.98 Å². The van der Waals surface area contributed by atoms with Crippen LogP contribution in [0.2, 0.25) is 0 Å². The molecule has 3 aromatic rings. The third-order valence-corrected chi connectivity index (χ3v) is 3.33. The van der Waals surface area contributed by atoms with E-state index in [1.165, 1.54) is 12.1 Å². The number of aryl methyl sites for hydroxylation is 1. The Balaban J connectivity index is 2.05. The fraction of sp³-hybridized carbons (Fsp3) is 0.0588. The standard InChI is InChI=1S/C17H14FN3O2/c1-10-7-8-13(18)12(9-10)14-15(22)20-17(21-16(14)23)19-11-5-3-2-4-6-11/h2-9H,1H3,(H3,19,20,21,22,23). The van der Waals surface area contributed by atoms with Crippen molar-refractivity contribution >= 4 is 11.6 Å². The molecule has 0 aliphatic rings. The maximum atomic E-state index is 14.0. The van der Waals surface area contributed by atoms with E-state index in [-0.39, 0.29) is 17.1 Å². The van der Waals surface area contributed by atoms with Gasteiger partial charge in [-0.15, -0.1) is 0 Å². The molecular formula is C17H14FN3O2. The number of aromatic nitrogens is 2. The molecular weight excluding hydrogens is 297 g/mol. The van der Waals surface area contributed by atoms with Gasteiger partial charge in [-0.3, -0.25) is 9.78 Å². The van der Waals surface area contributed by atoms with E-state index in [9.17, 15) is 14.3 Å². The summed E-state index contributed by atoms with van der Waals surface area (Å²) >= 11 is 0. The van der Waals surface area contributed by atoms with Crippen molar-refractivity contribution < 1.29 is 9.50 Å². The number of halogens is 1. The van der Waals surface area contributed by atoms with Crippen LogP contribution in [0.3, 0.4) is 0 Å². The van der Waals surface area contributed by atoms with E-state index in [1.54, 1.807) is 25.1 Å². The summed E-state index contributed by atoms with van der Waals surface area (Å²) in [7, 11) is 0. The first-order chi connectivity index (χ1) is 11.0. The highest BCUT2D eigenvalue weighted by Gasteiger charge is 2.17. The average molecular weight is 311 g/mol. The van der Waals surface area contributed by atoms with Gasteiger partial charge in [-0.05, 0) is 31.2 Å². The number of aromatic hydroxyl groups is 1. The first-order valence-electron chi connectivity index (χ1n) is 6.96. The van der Waals surface area contributed by atoms with E-state index in [0.29, 0.717) is 5.69 Å². The highest BCUT2D eigenvalue weighted by atomic mass is 19.1. The molecule has 1 aromatic heterocycles. The Labute approximate surface area is 131 Å². The zero-order valence-electron chi connectivity index (χ0n) is 12.3. The third-order valence-electron chi connectivity index (χ3n) is 3.33. The maximum Gasteiger partial charge on any atom is 0.264 e. The summed E-state index contributed by atoms with van der Waals surface area (Å²) < 4.78 is 14.0. The molecule has 6 heteroatoms. The Morgan fingerprint density at radius 1 is 1.17 bits per heavy atom. The largest absolute Gasteiger partial charge is 0.493 e. The van der Waals surface area contributed by atoms with E-state index >= 15 is 0 Å². The fourth-order valence-electron chi connectivity index (χ4n) is 2.25. The topological polar surface area (TPSA) is 78.0 Å². The summed E-state index contributed by atoms with van der Waals surface area (Å²) in [5.41, 5.74) is 0.670. The van der Waals surface area contributed by atoms with Crippen LogP contribution in [-0.2, 0) is 0 Å². The number of nitrogens with one attached hydrogen (secondary N) is 2. The van der Waals surface area contributed by atoms with Gasteiger partial charge in [0.15, 0.2) is 0 Å². The number of rotatable bonds is 3. The van der Waals surface area contributed by atoms with Crippen molar-refractivity contribution in [2.45, 2.75) is 6.92 Å². The van der Waals surface area contributed by atoms with Crippen molar-refractivity contribution in [2.24, 2.45) is 0 Å². The molecule has 0 aliphatic carbocycles. The minimum Gasteiger partial charge on any atom is -0.493 e. The molecule has 2 aromatic carbocycles. The smallest absolute Gasteiger partial charge is 0.264 e. The summed E-state index contributed by atoms with van der Waals surface area (Å²) in [5.74, 6) is -1.05. The fourth-order valence-corrected chi connectivity index (χ4v) is 2.25. The van der Waals surface area contributed by atoms with E-state index in [1.807, 2.05) is 18.2 Å². The number of H-pyrrole nitrogens is 1. The average Bonchev–Trinajstić information content (AvgIpc) is 2.51. The van der Waals surface area contributed by atoms with Crippen molar-refractivity contribution in [1.29, 1.82) is 0 Å². The third kappa shape index (κ3) is 3.06. The predicted octanol–water partition coefficient (Wildman–Crippen LogP) is 3.33. The Morgan fingerprint density at radius 3 is 2.61 bits per heavy atom. The number of benzene rings is 2. The second-order valence-corrected chi connectivity index (χ2v) is 5.09. The van der Waals surface area contributed by atoms with Crippen molar-refractivity contribution in [3.63, 3.8) is 0 Å². The second-order valence-electron chi connectivity index (χ2n) is 5.09. The Hall–Kier alpha value is -3.15. The van der Waals surface area contributed by atoms with E-state index in [4.69, 9.17) is 0 Å². The molecule has 5 nitrogen and oxygen atoms in total. The van der Waals surface area contributed by atoms with Crippen LogP contribution in [0.15, 0.2) is 53.3 Å². The number of aromatic amines is 1. The molecule has 0 unspecified atom stereocenters. The molecule has 1 heterocycles. The van der Waals surface area contributed by atoms with Crippen LogP contribution in [0.4, 0.5) is 16.0 Å². The van der Waals surface area contributed by atoms with Crippen molar-refractivity contribution in [1.82, 2.24) is 9.97 Å². The number of hydrogen-bond acceptors (Lipinski definition) is 4.